The van der Waals surface area contributed by atoms with Gasteiger partial charge in [0.15, 0.2) is 0 Å². The molecule has 0 aromatic heterocycles. The van der Waals surface area contributed by atoms with E-state index < -0.39 is 5.41 Å². The molecule has 20 heavy (non-hydrogen) atoms. The largest absolute Gasteiger partial charge is 0.392 e. The minimum atomic E-state index is -0.662. The molecule has 4 heteroatoms. The number of carbonyl (C=O) groups is 1. The molecule has 1 saturated carbocycles. The lowest BCUT2D eigenvalue weighted by atomic mass is 9.73. The molecule has 1 aromatic carbocycles. The van der Waals surface area contributed by atoms with E-state index in [9.17, 15) is 4.79 Å². The van der Waals surface area contributed by atoms with Crippen molar-refractivity contribution in [1.82, 2.24) is 0 Å². The van der Waals surface area contributed by atoms with Crippen LogP contribution in [0.5, 0.6) is 0 Å². The van der Waals surface area contributed by atoms with E-state index in [1.807, 2.05) is 26.0 Å². The molecule has 0 spiro atoms. The predicted molar refractivity (Wildman–Crippen MR) is 86.8 cm³/mol. The van der Waals surface area contributed by atoms with Crippen LogP contribution in [-0.4, -0.2) is 10.9 Å². The first kappa shape index (κ1) is 15.0. The highest BCUT2D eigenvalue weighted by atomic mass is 32.1. The maximum atomic E-state index is 12.7. The molecule has 2 rings (SSSR count). The van der Waals surface area contributed by atoms with Gasteiger partial charge in [0.25, 0.3) is 0 Å². The third kappa shape index (κ3) is 2.85. The Morgan fingerprint density at radius 1 is 1.25 bits per heavy atom. The lowest BCUT2D eigenvalue weighted by Crippen LogP contribution is -2.47. The van der Waals surface area contributed by atoms with Crippen LogP contribution in [0.3, 0.4) is 0 Å². The number of hydrogen-bond acceptors (Lipinski definition) is 2. The van der Waals surface area contributed by atoms with Crippen molar-refractivity contribution in [2.24, 2.45) is 11.1 Å². The molecule has 0 saturated heterocycles. The van der Waals surface area contributed by atoms with Gasteiger partial charge in [0.05, 0.1) is 10.4 Å². The number of rotatable bonds is 3. The van der Waals surface area contributed by atoms with Gasteiger partial charge in [-0.05, 0) is 38.3 Å². The van der Waals surface area contributed by atoms with E-state index in [1.54, 1.807) is 0 Å². The van der Waals surface area contributed by atoms with Crippen LogP contribution in [0.15, 0.2) is 18.2 Å². The summed E-state index contributed by atoms with van der Waals surface area (Å²) in [6, 6.07) is 6.00. The first-order valence-corrected chi connectivity index (χ1v) is 7.55. The summed E-state index contributed by atoms with van der Waals surface area (Å²) >= 11 is 5.19. The number of aryl methyl sites for hydroxylation is 2. The van der Waals surface area contributed by atoms with E-state index in [2.05, 4.69) is 11.4 Å². The number of anilines is 1. The number of carbonyl (C=O) groups excluding carboxylic acids is 1. The fraction of sp³-hybridized carbons (Fsp3) is 0.500. The predicted octanol–water partition coefficient (Wildman–Crippen LogP) is 3.48. The van der Waals surface area contributed by atoms with Crippen LogP contribution < -0.4 is 11.1 Å². The second-order valence-electron chi connectivity index (χ2n) is 5.78. The molecule has 1 fully saturated rings. The van der Waals surface area contributed by atoms with Crippen molar-refractivity contribution in [2.45, 2.75) is 46.0 Å². The van der Waals surface area contributed by atoms with E-state index in [1.165, 1.54) is 5.56 Å². The molecule has 3 N–H and O–H groups in total. The lowest BCUT2D eigenvalue weighted by molar-refractivity contribution is -0.123. The van der Waals surface area contributed by atoms with Gasteiger partial charge in [-0.1, -0.05) is 49.2 Å². The average molecular weight is 290 g/mol. The maximum absolute atomic E-state index is 12.7. The number of amides is 1. The van der Waals surface area contributed by atoms with Crippen molar-refractivity contribution in [2.75, 3.05) is 5.32 Å². The molecule has 0 bridgehead atoms. The molecule has 3 nitrogen and oxygen atoms in total. The van der Waals surface area contributed by atoms with E-state index in [0.29, 0.717) is 4.99 Å². The summed E-state index contributed by atoms with van der Waals surface area (Å²) in [5, 5.41) is 3.02. The fourth-order valence-corrected chi connectivity index (χ4v) is 3.23. The summed E-state index contributed by atoms with van der Waals surface area (Å²) in [5.41, 5.74) is 8.32. The fourth-order valence-electron chi connectivity index (χ4n) is 2.94. The molecule has 1 aliphatic carbocycles. The summed E-state index contributed by atoms with van der Waals surface area (Å²) < 4.78 is 0. The third-order valence-electron chi connectivity index (χ3n) is 4.24. The highest BCUT2D eigenvalue weighted by Gasteiger charge is 2.42. The number of nitrogens with one attached hydrogen (secondary N) is 1. The van der Waals surface area contributed by atoms with Gasteiger partial charge >= 0.3 is 0 Å². The average Bonchev–Trinajstić information content (AvgIpc) is 2.42. The molecule has 1 aromatic rings. The van der Waals surface area contributed by atoms with Crippen LogP contribution in [0.1, 0.15) is 43.2 Å². The summed E-state index contributed by atoms with van der Waals surface area (Å²) in [6.07, 6.45) is 4.70. The minimum Gasteiger partial charge on any atom is -0.392 e. The zero-order valence-electron chi connectivity index (χ0n) is 12.2. The lowest BCUT2D eigenvalue weighted by Gasteiger charge is -2.34. The zero-order valence-corrected chi connectivity index (χ0v) is 13.0. The van der Waals surface area contributed by atoms with Gasteiger partial charge in [-0.2, -0.15) is 0 Å². The van der Waals surface area contributed by atoms with Crippen molar-refractivity contribution in [3.05, 3.63) is 29.3 Å². The normalized spacial score (nSPS) is 17.5. The van der Waals surface area contributed by atoms with Crippen LogP contribution in [-0.2, 0) is 4.79 Å². The van der Waals surface area contributed by atoms with Crippen LogP contribution >= 0.6 is 12.2 Å². The number of hydrogen-bond donors (Lipinski definition) is 2. The van der Waals surface area contributed by atoms with Gasteiger partial charge in [0.2, 0.25) is 5.91 Å². The van der Waals surface area contributed by atoms with Crippen molar-refractivity contribution in [3.63, 3.8) is 0 Å². The molecular formula is C16H22N2OS. The maximum Gasteiger partial charge on any atom is 0.237 e. The molecule has 108 valence electrons. The summed E-state index contributed by atoms with van der Waals surface area (Å²) in [6.45, 7) is 4.03. The molecule has 0 radical (unpaired) electrons. The third-order valence-corrected chi connectivity index (χ3v) is 4.63. The molecule has 1 amide bonds. The molecule has 0 unspecified atom stereocenters. The Hall–Kier alpha value is -1.42. The Labute approximate surface area is 125 Å². The van der Waals surface area contributed by atoms with Crippen molar-refractivity contribution in [1.29, 1.82) is 0 Å². The Kier molecular flexibility index (Phi) is 4.43. The molecule has 0 heterocycles. The van der Waals surface area contributed by atoms with Crippen molar-refractivity contribution >= 4 is 28.8 Å². The quantitative estimate of drug-likeness (QED) is 0.838. The van der Waals surface area contributed by atoms with Gasteiger partial charge in [-0.15, -0.1) is 0 Å². The Morgan fingerprint density at radius 2 is 1.90 bits per heavy atom. The van der Waals surface area contributed by atoms with Gasteiger partial charge in [0, 0.05) is 5.69 Å². The Morgan fingerprint density at radius 3 is 2.45 bits per heavy atom. The van der Waals surface area contributed by atoms with E-state index in [0.717, 1.165) is 43.4 Å². The molecule has 0 atom stereocenters. The SMILES string of the molecule is Cc1ccc(NC(=O)C2(C(N)=S)CCCCC2)c(C)c1. The topological polar surface area (TPSA) is 55.1 Å². The number of thiocarbonyl (C=S) groups is 1. The van der Waals surface area contributed by atoms with Crippen molar-refractivity contribution in [3.8, 4) is 0 Å². The van der Waals surface area contributed by atoms with Gasteiger partial charge in [0.1, 0.15) is 0 Å². The molecular weight excluding hydrogens is 268 g/mol. The van der Waals surface area contributed by atoms with Crippen LogP contribution in [0.25, 0.3) is 0 Å². The minimum absolute atomic E-state index is 0.0448. The monoisotopic (exact) mass is 290 g/mol. The summed E-state index contributed by atoms with van der Waals surface area (Å²) in [5.74, 6) is -0.0448. The van der Waals surface area contributed by atoms with Crippen LogP contribution in [0.4, 0.5) is 5.69 Å². The Balaban J connectivity index is 2.22. The van der Waals surface area contributed by atoms with Crippen LogP contribution in [0.2, 0.25) is 0 Å². The van der Waals surface area contributed by atoms with E-state index >= 15 is 0 Å². The number of benzene rings is 1. The first-order chi connectivity index (χ1) is 9.45. The van der Waals surface area contributed by atoms with Crippen molar-refractivity contribution < 1.29 is 4.79 Å². The highest BCUT2D eigenvalue weighted by molar-refractivity contribution is 7.80. The molecule has 1 aliphatic rings. The molecule has 0 aliphatic heterocycles. The van der Waals surface area contributed by atoms with Gasteiger partial charge < -0.3 is 11.1 Å². The summed E-state index contributed by atoms with van der Waals surface area (Å²) in [4.78, 5) is 13.0. The Bertz CT molecular complexity index is 533. The highest BCUT2D eigenvalue weighted by Crippen LogP contribution is 2.38. The number of nitrogens with two attached hydrogens (primary N) is 1. The van der Waals surface area contributed by atoms with Gasteiger partial charge in [-0.3, -0.25) is 4.79 Å². The summed E-state index contributed by atoms with van der Waals surface area (Å²) in [7, 11) is 0. The van der Waals surface area contributed by atoms with E-state index in [4.69, 9.17) is 18.0 Å². The van der Waals surface area contributed by atoms with E-state index in [-0.39, 0.29) is 5.91 Å². The zero-order chi connectivity index (χ0) is 14.8. The standard InChI is InChI=1S/C16H22N2OS/c1-11-6-7-13(12(2)10-11)18-15(19)16(14(17)20)8-4-3-5-9-16/h6-7,10H,3-5,8-9H2,1-2H3,(H2,17,20)(H,18,19). The van der Waals surface area contributed by atoms with Gasteiger partial charge in [-0.25, -0.2) is 0 Å². The second-order valence-corrected chi connectivity index (χ2v) is 6.22. The first-order valence-electron chi connectivity index (χ1n) is 7.14. The smallest absolute Gasteiger partial charge is 0.237 e. The van der Waals surface area contributed by atoms with Crippen LogP contribution in [0, 0.1) is 19.3 Å². The second kappa shape index (κ2) is 5.92.